The topological polar surface area (TPSA) is 127 Å². The smallest absolute Gasteiger partial charge is 0.262 e. The van der Waals surface area contributed by atoms with Gasteiger partial charge in [0.1, 0.15) is 17.9 Å². The van der Waals surface area contributed by atoms with E-state index in [1.165, 1.54) is 0 Å². The van der Waals surface area contributed by atoms with Gasteiger partial charge in [0.05, 0.1) is 22.7 Å². The van der Waals surface area contributed by atoms with Crippen molar-refractivity contribution in [2.75, 3.05) is 55.6 Å². The molecule has 3 unspecified atom stereocenters. The zero-order chi connectivity index (χ0) is 40.8. The highest BCUT2D eigenvalue weighted by atomic mass is 35.5. The first kappa shape index (κ1) is 39.0. The number of ether oxygens (including phenoxy) is 1. The average molecular weight is 818 g/mol. The number of nitrogens with one attached hydrogen (secondary N) is 1. The molecular formula is C45H48ClN7O6. The third-order valence-electron chi connectivity index (χ3n) is 13.4. The molecule has 13 nitrogen and oxygen atoms in total. The minimum Gasteiger partial charge on any atom is -0.490 e. The second kappa shape index (κ2) is 16.3. The van der Waals surface area contributed by atoms with Crippen molar-refractivity contribution in [3.63, 3.8) is 0 Å². The van der Waals surface area contributed by atoms with E-state index >= 15 is 0 Å². The van der Waals surface area contributed by atoms with Gasteiger partial charge in [0.15, 0.2) is 0 Å². The quantitative estimate of drug-likeness (QED) is 0.207. The highest BCUT2D eigenvalue weighted by Crippen LogP contribution is 2.40. The van der Waals surface area contributed by atoms with Gasteiger partial charge in [0.2, 0.25) is 17.5 Å². The normalized spacial score (nSPS) is 24.9. The largest absolute Gasteiger partial charge is 0.490 e. The van der Waals surface area contributed by atoms with Crippen molar-refractivity contribution in [3.05, 3.63) is 93.8 Å². The Morgan fingerprint density at radius 2 is 1.46 bits per heavy atom. The van der Waals surface area contributed by atoms with Crippen LogP contribution in [0.4, 0.5) is 17.1 Å². The minimum atomic E-state index is -0.964. The van der Waals surface area contributed by atoms with Gasteiger partial charge in [-0.1, -0.05) is 17.7 Å². The van der Waals surface area contributed by atoms with E-state index in [0.29, 0.717) is 33.5 Å². The Morgan fingerprint density at radius 3 is 2.14 bits per heavy atom. The van der Waals surface area contributed by atoms with Gasteiger partial charge in [-0.15, -0.1) is 0 Å². The van der Waals surface area contributed by atoms with Crippen LogP contribution in [-0.2, 0) is 9.59 Å². The van der Waals surface area contributed by atoms with Gasteiger partial charge in [-0.05, 0) is 106 Å². The first-order valence-electron chi connectivity index (χ1n) is 21.0. The zero-order valence-corrected chi connectivity index (χ0v) is 33.7. The third kappa shape index (κ3) is 7.76. The molecule has 0 spiro atoms. The van der Waals surface area contributed by atoms with Gasteiger partial charge in [-0.3, -0.25) is 39.1 Å². The van der Waals surface area contributed by atoms with Crippen LogP contribution in [0.5, 0.6) is 5.75 Å². The molecule has 0 aromatic heterocycles. The summed E-state index contributed by atoms with van der Waals surface area (Å²) in [4.78, 5) is 78.1. The lowest BCUT2D eigenvalue weighted by molar-refractivity contribution is -0.136. The molecule has 2 bridgehead atoms. The molecule has 6 aliphatic heterocycles. The maximum Gasteiger partial charge on any atom is 0.262 e. The Hall–Kier alpha value is -5.45. The van der Waals surface area contributed by atoms with Crippen molar-refractivity contribution in [1.29, 1.82) is 0 Å². The first-order valence-corrected chi connectivity index (χ1v) is 21.4. The number of hydrogen-bond acceptors (Lipinski definition) is 9. The molecule has 3 aromatic rings. The predicted octanol–water partition coefficient (Wildman–Crippen LogP) is 5.94. The molecule has 0 radical (unpaired) electrons. The lowest BCUT2D eigenvalue weighted by Gasteiger charge is -2.39. The summed E-state index contributed by atoms with van der Waals surface area (Å²) in [5.74, 6) is -0.560. The van der Waals surface area contributed by atoms with E-state index in [-0.39, 0.29) is 42.8 Å². The Kier molecular flexibility index (Phi) is 10.8. The van der Waals surface area contributed by atoms with Gasteiger partial charge < -0.3 is 19.4 Å². The monoisotopic (exact) mass is 817 g/mol. The summed E-state index contributed by atoms with van der Waals surface area (Å²) in [6.07, 6.45) is 7.02. The predicted molar refractivity (Wildman–Crippen MR) is 222 cm³/mol. The number of imide groups is 2. The molecule has 14 heteroatoms. The van der Waals surface area contributed by atoms with Crippen LogP contribution in [0.1, 0.15) is 88.9 Å². The summed E-state index contributed by atoms with van der Waals surface area (Å²) < 4.78 is 6.27. The molecule has 1 N–H and O–H groups in total. The summed E-state index contributed by atoms with van der Waals surface area (Å²) in [5, 5.41) is 2.64. The van der Waals surface area contributed by atoms with Crippen LogP contribution in [0.25, 0.3) is 4.85 Å². The fraction of sp³-hybridized carbons (Fsp3) is 0.467. The molecule has 5 fully saturated rings. The molecule has 6 heterocycles. The molecule has 5 amide bonds. The van der Waals surface area contributed by atoms with Crippen molar-refractivity contribution < 1.29 is 28.7 Å². The van der Waals surface area contributed by atoms with Crippen LogP contribution in [-0.4, -0.2) is 114 Å². The fourth-order valence-electron chi connectivity index (χ4n) is 10.1. The molecule has 6 aliphatic rings. The number of carbonyl (C=O) groups is 5. The van der Waals surface area contributed by atoms with Gasteiger partial charge in [-0.25, -0.2) is 4.85 Å². The van der Waals surface area contributed by atoms with E-state index in [2.05, 4.69) is 41.9 Å². The molecule has 3 atom stereocenters. The van der Waals surface area contributed by atoms with Gasteiger partial charge >= 0.3 is 0 Å². The number of anilines is 2. The third-order valence-corrected chi connectivity index (χ3v) is 13.7. The molecule has 0 saturated carbocycles. The van der Waals surface area contributed by atoms with E-state index in [0.717, 1.165) is 113 Å². The number of nitrogens with zero attached hydrogens (tertiary/aromatic N) is 6. The van der Waals surface area contributed by atoms with Gasteiger partial charge in [0, 0.05) is 87.6 Å². The number of rotatable bonds is 9. The average Bonchev–Trinajstić information content (AvgIpc) is 3.66. The van der Waals surface area contributed by atoms with E-state index in [1.54, 1.807) is 30.3 Å². The van der Waals surface area contributed by atoms with Crippen molar-refractivity contribution in [3.8, 4) is 5.75 Å². The maximum atomic E-state index is 13.8. The Balaban J connectivity index is 0.711. The molecule has 59 heavy (non-hydrogen) atoms. The second-order valence-corrected chi connectivity index (χ2v) is 17.2. The van der Waals surface area contributed by atoms with E-state index < -0.39 is 23.8 Å². The maximum absolute atomic E-state index is 13.8. The van der Waals surface area contributed by atoms with Crippen molar-refractivity contribution >= 4 is 58.2 Å². The van der Waals surface area contributed by atoms with Crippen molar-refractivity contribution in [2.45, 2.75) is 82.0 Å². The van der Waals surface area contributed by atoms with Crippen molar-refractivity contribution in [1.82, 2.24) is 20.0 Å². The number of amides is 5. The van der Waals surface area contributed by atoms with Crippen LogP contribution in [0.15, 0.2) is 60.7 Å². The Morgan fingerprint density at radius 1 is 0.780 bits per heavy atom. The minimum absolute atomic E-state index is 0.00895. The molecule has 0 aliphatic carbocycles. The van der Waals surface area contributed by atoms with E-state index in [9.17, 15) is 24.0 Å². The van der Waals surface area contributed by atoms with Crippen LogP contribution in [0.3, 0.4) is 0 Å². The first-order chi connectivity index (χ1) is 28.6. The van der Waals surface area contributed by atoms with Crippen LogP contribution in [0.2, 0.25) is 5.02 Å². The standard InChI is InChI=1S/C45H48ClN7O6/c1-47-39-11-9-34(27-38(39)46)59-35-24-32-6-7-33(25-35)52(32)43(56)29-2-4-30(5-3-29)51-22-20-49(21-23-51)17-14-28-15-18-50(19-16-28)31-8-10-36-37(26-31)45(58)53(44(36)57)40-12-13-41(54)48-42(40)55/h2-5,8-11,26-28,32-33,35,40H,6-7,12-25H2,(H,48,54,55). The number of benzene rings is 3. The number of piperazine rings is 1. The van der Waals surface area contributed by atoms with Gasteiger partial charge in [-0.2, -0.15) is 0 Å². The van der Waals surface area contributed by atoms with Crippen molar-refractivity contribution in [2.24, 2.45) is 5.92 Å². The highest BCUT2D eigenvalue weighted by molar-refractivity contribution is 6.33. The lowest BCUT2D eigenvalue weighted by Crippen LogP contribution is -2.54. The zero-order valence-electron chi connectivity index (χ0n) is 33.0. The molecule has 306 valence electrons. The molecule has 5 saturated heterocycles. The molecule has 3 aromatic carbocycles. The van der Waals surface area contributed by atoms with E-state index in [4.69, 9.17) is 22.9 Å². The summed E-state index contributed by atoms with van der Waals surface area (Å²) in [7, 11) is 0. The fourth-order valence-corrected chi connectivity index (χ4v) is 10.3. The SMILES string of the molecule is [C-]#[N+]c1ccc(OC2CC3CCC(C2)N3C(=O)c2ccc(N3CCN(CCC4CCN(c5ccc6c(c5)C(=O)N(C5CCC(=O)NC5=O)C6=O)CC4)CC3)cc2)cc1Cl. The van der Waals surface area contributed by atoms with Crippen LogP contribution >= 0.6 is 11.6 Å². The van der Waals surface area contributed by atoms with Gasteiger partial charge in [0.25, 0.3) is 17.7 Å². The number of fused-ring (bicyclic) bond motifs is 3. The highest BCUT2D eigenvalue weighted by Gasteiger charge is 2.46. The summed E-state index contributed by atoms with van der Waals surface area (Å²) in [6.45, 7) is 13.9. The second-order valence-electron chi connectivity index (χ2n) is 16.8. The Bertz CT molecular complexity index is 2200. The van der Waals surface area contributed by atoms with E-state index in [1.807, 2.05) is 18.2 Å². The van der Waals surface area contributed by atoms with Crippen LogP contribution in [0, 0.1) is 12.5 Å². The number of hydrogen-bond donors (Lipinski definition) is 1. The Labute approximate surface area is 349 Å². The lowest BCUT2D eigenvalue weighted by atomic mass is 9.92. The number of piperidine rings is 3. The molecule has 9 rings (SSSR count). The van der Waals surface area contributed by atoms with Crippen LogP contribution < -0.4 is 19.9 Å². The summed E-state index contributed by atoms with van der Waals surface area (Å²) >= 11 is 6.23. The molecular weight excluding hydrogens is 770 g/mol. The summed E-state index contributed by atoms with van der Waals surface area (Å²) in [6, 6.07) is 18.1. The number of carbonyl (C=O) groups excluding carboxylic acids is 5. The number of halogens is 1. The summed E-state index contributed by atoms with van der Waals surface area (Å²) in [5.41, 5.74) is 3.83.